The van der Waals surface area contributed by atoms with Gasteiger partial charge in [-0.15, -0.1) is 0 Å². The number of hydrogen-bond donors (Lipinski definition) is 0. The predicted molar refractivity (Wildman–Crippen MR) is 52.6 cm³/mol. The molecule has 0 aromatic rings. The minimum Gasteiger partial charge on any atom is -0.0628 e. The molecule has 0 aromatic carbocycles. The first-order chi connectivity index (χ1) is 4.95. The topological polar surface area (TPSA) is 0 Å². The van der Waals surface area contributed by atoms with Crippen LogP contribution in [0.25, 0.3) is 0 Å². The molecular weight excluding hydrogens is 132 g/mol. The van der Waals surface area contributed by atoms with E-state index in [0.717, 1.165) is 23.7 Å². The third-order valence-corrected chi connectivity index (χ3v) is 2.79. The van der Waals surface area contributed by atoms with E-state index in [1.807, 2.05) is 0 Å². The zero-order valence-corrected chi connectivity index (χ0v) is 9.02. The first-order valence-corrected chi connectivity index (χ1v) is 4.95. The lowest BCUT2D eigenvalue weighted by molar-refractivity contribution is 0.258. The van der Waals surface area contributed by atoms with Crippen LogP contribution in [0.15, 0.2) is 0 Å². The molecule has 0 fully saturated rings. The van der Waals surface area contributed by atoms with Crippen LogP contribution in [0.3, 0.4) is 0 Å². The standard InChI is InChI=1S/C11H24/c1-8(2)7-10(5)11(6)9(3)4/h8-11H,7H2,1-6H3/t10-,11+/m0/s1. The van der Waals surface area contributed by atoms with Crippen molar-refractivity contribution < 1.29 is 0 Å². The van der Waals surface area contributed by atoms with Crippen LogP contribution in [0.4, 0.5) is 0 Å². The maximum Gasteiger partial charge on any atom is -0.0394 e. The third kappa shape index (κ3) is 4.44. The van der Waals surface area contributed by atoms with Gasteiger partial charge in [-0.25, -0.2) is 0 Å². The maximum atomic E-state index is 2.38. The molecule has 68 valence electrons. The van der Waals surface area contributed by atoms with Gasteiger partial charge in [0.15, 0.2) is 0 Å². The Balaban J connectivity index is 3.73. The lowest BCUT2D eigenvalue weighted by Crippen LogP contribution is -2.15. The molecular formula is C11H24. The molecule has 0 aliphatic rings. The molecule has 0 bridgehead atoms. The van der Waals surface area contributed by atoms with Crippen molar-refractivity contribution in [2.75, 3.05) is 0 Å². The molecule has 2 atom stereocenters. The van der Waals surface area contributed by atoms with Crippen molar-refractivity contribution in [3.05, 3.63) is 0 Å². The van der Waals surface area contributed by atoms with E-state index in [0.29, 0.717) is 0 Å². The Labute approximate surface area is 72.4 Å². The molecule has 0 rings (SSSR count). The van der Waals surface area contributed by atoms with Gasteiger partial charge >= 0.3 is 0 Å². The second-order valence-electron chi connectivity index (χ2n) is 4.71. The molecule has 0 unspecified atom stereocenters. The summed E-state index contributed by atoms with van der Waals surface area (Å²) >= 11 is 0. The van der Waals surface area contributed by atoms with Gasteiger partial charge in [-0.05, 0) is 30.1 Å². The lowest BCUT2D eigenvalue weighted by atomic mass is 9.82. The Hall–Kier alpha value is 0. The summed E-state index contributed by atoms with van der Waals surface area (Å²) in [4.78, 5) is 0. The van der Waals surface area contributed by atoms with E-state index in [-0.39, 0.29) is 0 Å². The van der Waals surface area contributed by atoms with Crippen LogP contribution in [0, 0.1) is 23.7 Å². The van der Waals surface area contributed by atoms with Gasteiger partial charge in [-0.2, -0.15) is 0 Å². The highest BCUT2D eigenvalue weighted by Crippen LogP contribution is 2.25. The minimum atomic E-state index is 0.837. The second-order valence-corrected chi connectivity index (χ2v) is 4.71. The van der Waals surface area contributed by atoms with Crippen LogP contribution in [-0.4, -0.2) is 0 Å². The normalized spacial score (nSPS) is 17.5. The molecule has 0 amide bonds. The van der Waals surface area contributed by atoms with Crippen molar-refractivity contribution in [3.8, 4) is 0 Å². The van der Waals surface area contributed by atoms with E-state index in [1.165, 1.54) is 6.42 Å². The highest BCUT2D eigenvalue weighted by atomic mass is 14.2. The van der Waals surface area contributed by atoms with Crippen molar-refractivity contribution in [2.45, 2.75) is 48.0 Å². The summed E-state index contributed by atoms with van der Waals surface area (Å²) in [6.07, 6.45) is 1.37. The smallest absolute Gasteiger partial charge is 0.0394 e. The number of hydrogen-bond acceptors (Lipinski definition) is 0. The van der Waals surface area contributed by atoms with Gasteiger partial charge in [0.2, 0.25) is 0 Å². The van der Waals surface area contributed by atoms with Gasteiger partial charge in [0.1, 0.15) is 0 Å². The fourth-order valence-electron chi connectivity index (χ4n) is 1.62. The molecule has 0 spiro atoms. The number of rotatable bonds is 4. The van der Waals surface area contributed by atoms with Gasteiger partial charge in [-0.1, -0.05) is 41.5 Å². The summed E-state index contributed by atoms with van der Waals surface area (Å²) in [6.45, 7) is 14.0. The molecule has 0 saturated carbocycles. The van der Waals surface area contributed by atoms with Crippen molar-refractivity contribution in [3.63, 3.8) is 0 Å². The average Bonchev–Trinajstić information content (AvgIpc) is 1.84. The van der Waals surface area contributed by atoms with E-state index in [2.05, 4.69) is 41.5 Å². The molecule has 0 heterocycles. The summed E-state index contributed by atoms with van der Waals surface area (Å²) in [7, 11) is 0. The predicted octanol–water partition coefficient (Wildman–Crippen LogP) is 3.96. The summed E-state index contributed by atoms with van der Waals surface area (Å²) in [5, 5.41) is 0. The van der Waals surface area contributed by atoms with Crippen molar-refractivity contribution in [1.82, 2.24) is 0 Å². The molecule has 0 aromatic heterocycles. The minimum absolute atomic E-state index is 0.837. The SMILES string of the molecule is CC(C)C[C@H](C)[C@H](C)C(C)C. The Kier molecular flexibility index (Phi) is 4.79. The summed E-state index contributed by atoms with van der Waals surface area (Å²) < 4.78 is 0. The van der Waals surface area contributed by atoms with Crippen molar-refractivity contribution in [1.29, 1.82) is 0 Å². The van der Waals surface area contributed by atoms with Crippen LogP contribution in [-0.2, 0) is 0 Å². The second kappa shape index (κ2) is 4.79. The zero-order valence-electron chi connectivity index (χ0n) is 9.02. The molecule has 0 aliphatic carbocycles. The van der Waals surface area contributed by atoms with E-state index in [4.69, 9.17) is 0 Å². The molecule has 0 saturated heterocycles. The Morgan fingerprint density at radius 2 is 1.27 bits per heavy atom. The van der Waals surface area contributed by atoms with Crippen LogP contribution in [0.2, 0.25) is 0 Å². The largest absolute Gasteiger partial charge is 0.0628 e. The Morgan fingerprint density at radius 1 is 0.818 bits per heavy atom. The van der Waals surface area contributed by atoms with Gasteiger partial charge in [-0.3, -0.25) is 0 Å². The van der Waals surface area contributed by atoms with Crippen molar-refractivity contribution >= 4 is 0 Å². The molecule has 0 radical (unpaired) electrons. The maximum absolute atomic E-state index is 2.38. The summed E-state index contributed by atoms with van der Waals surface area (Å²) in [5.41, 5.74) is 0. The molecule has 0 aliphatic heterocycles. The van der Waals surface area contributed by atoms with Gasteiger partial charge in [0.25, 0.3) is 0 Å². The van der Waals surface area contributed by atoms with Crippen LogP contribution < -0.4 is 0 Å². The molecule has 0 nitrogen and oxygen atoms in total. The van der Waals surface area contributed by atoms with Gasteiger partial charge in [0.05, 0.1) is 0 Å². The van der Waals surface area contributed by atoms with Gasteiger partial charge < -0.3 is 0 Å². The Bertz CT molecular complexity index is 92.2. The van der Waals surface area contributed by atoms with E-state index in [1.54, 1.807) is 0 Å². The highest BCUT2D eigenvalue weighted by molar-refractivity contribution is 4.66. The zero-order chi connectivity index (χ0) is 9.02. The average molecular weight is 156 g/mol. The molecule has 11 heavy (non-hydrogen) atoms. The molecule has 0 heteroatoms. The van der Waals surface area contributed by atoms with Gasteiger partial charge in [0, 0.05) is 0 Å². The molecule has 0 N–H and O–H groups in total. The van der Waals surface area contributed by atoms with Crippen molar-refractivity contribution in [2.24, 2.45) is 23.7 Å². The van der Waals surface area contributed by atoms with E-state index >= 15 is 0 Å². The quantitative estimate of drug-likeness (QED) is 0.578. The van der Waals surface area contributed by atoms with E-state index < -0.39 is 0 Å². The lowest BCUT2D eigenvalue weighted by Gasteiger charge is -2.24. The summed E-state index contributed by atoms with van der Waals surface area (Å²) in [5.74, 6) is 3.45. The monoisotopic (exact) mass is 156 g/mol. The summed E-state index contributed by atoms with van der Waals surface area (Å²) in [6, 6.07) is 0. The first kappa shape index (κ1) is 11.0. The van der Waals surface area contributed by atoms with E-state index in [9.17, 15) is 0 Å². The fourth-order valence-corrected chi connectivity index (χ4v) is 1.62. The third-order valence-electron chi connectivity index (χ3n) is 2.79. The van der Waals surface area contributed by atoms with Crippen LogP contribution in [0.5, 0.6) is 0 Å². The highest BCUT2D eigenvalue weighted by Gasteiger charge is 2.16. The van der Waals surface area contributed by atoms with Crippen LogP contribution in [0.1, 0.15) is 48.0 Å². The fraction of sp³-hybridized carbons (Fsp3) is 1.00. The van der Waals surface area contributed by atoms with Crippen LogP contribution >= 0.6 is 0 Å². The first-order valence-electron chi connectivity index (χ1n) is 4.95. The Morgan fingerprint density at radius 3 is 1.55 bits per heavy atom.